The Balaban J connectivity index is 2.46. The highest BCUT2D eigenvalue weighted by molar-refractivity contribution is 7.89. The summed E-state index contributed by atoms with van der Waals surface area (Å²) in [5.41, 5.74) is 0.222. The lowest BCUT2D eigenvalue weighted by molar-refractivity contribution is -0.121. The van der Waals surface area contributed by atoms with Crippen LogP contribution < -0.4 is 4.72 Å². The Kier molecular flexibility index (Phi) is 3.45. The molecule has 0 saturated carbocycles. The quantitative estimate of drug-likeness (QED) is 0.940. The van der Waals surface area contributed by atoms with E-state index in [-0.39, 0.29) is 10.8 Å². The minimum atomic E-state index is -4.65. The highest BCUT2D eigenvalue weighted by Gasteiger charge is 2.32. The molecule has 2 rings (SSSR count). The molecule has 10 heteroatoms. The van der Waals surface area contributed by atoms with Crippen molar-refractivity contribution in [3.63, 3.8) is 0 Å². The zero-order valence-electron chi connectivity index (χ0n) is 9.15. The van der Waals surface area contributed by atoms with Crippen LogP contribution in [0.15, 0.2) is 29.4 Å². The molecule has 1 N–H and O–H groups in total. The number of aromatic nitrogens is 2. The number of nitrogens with zero attached hydrogens (tertiary/aromatic N) is 2. The molecule has 5 nitrogen and oxygen atoms in total. The van der Waals surface area contributed by atoms with Crippen molar-refractivity contribution in [3.05, 3.63) is 29.5 Å². The molecule has 0 aromatic carbocycles. The average Bonchev–Trinajstić information content (AvgIpc) is 2.62. The number of halogens is 4. The van der Waals surface area contributed by atoms with Gasteiger partial charge in [0.15, 0.2) is 10.2 Å². The van der Waals surface area contributed by atoms with E-state index in [0.717, 1.165) is 4.40 Å². The van der Waals surface area contributed by atoms with Crippen LogP contribution in [0.25, 0.3) is 5.65 Å². The van der Waals surface area contributed by atoms with E-state index in [0.29, 0.717) is 0 Å². The molecule has 0 fully saturated rings. The van der Waals surface area contributed by atoms with E-state index in [4.69, 9.17) is 11.6 Å². The fraction of sp³-hybridized carbons (Fsp3) is 0.222. The lowest BCUT2D eigenvalue weighted by atomic mass is 10.5. The minimum Gasteiger partial charge on any atom is -0.288 e. The Morgan fingerprint density at radius 1 is 1.37 bits per heavy atom. The van der Waals surface area contributed by atoms with E-state index < -0.39 is 27.8 Å². The highest BCUT2D eigenvalue weighted by atomic mass is 35.5. The van der Waals surface area contributed by atoms with Gasteiger partial charge >= 0.3 is 6.18 Å². The largest absolute Gasteiger partial charge is 0.402 e. The predicted octanol–water partition coefficient (Wildman–Crippen LogP) is 1.83. The second-order valence-electron chi connectivity index (χ2n) is 3.58. The molecule has 0 amide bonds. The van der Waals surface area contributed by atoms with E-state index in [1.165, 1.54) is 23.1 Å². The number of hydrogen-bond acceptors (Lipinski definition) is 3. The maximum atomic E-state index is 12.1. The molecule has 0 spiro atoms. The first-order valence-electron chi connectivity index (χ1n) is 4.90. The molecule has 0 radical (unpaired) electrons. The second kappa shape index (κ2) is 4.66. The zero-order valence-corrected chi connectivity index (χ0v) is 10.7. The van der Waals surface area contributed by atoms with Crippen LogP contribution in [-0.4, -0.2) is 30.5 Å². The molecule has 0 aliphatic rings. The summed E-state index contributed by atoms with van der Waals surface area (Å²) < 4.78 is 62.4. The topological polar surface area (TPSA) is 63.5 Å². The van der Waals surface area contributed by atoms with Gasteiger partial charge in [-0.05, 0) is 12.1 Å². The van der Waals surface area contributed by atoms with E-state index in [1.54, 1.807) is 6.07 Å². The summed E-state index contributed by atoms with van der Waals surface area (Å²) in [6.07, 6.45) is -3.31. The van der Waals surface area contributed by atoms with Crippen LogP contribution >= 0.6 is 11.6 Å². The Morgan fingerprint density at radius 3 is 2.68 bits per heavy atom. The third-order valence-corrected chi connectivity index (χ3v) is 3.96. The van der Waals surface area contributed by atoms with Crippen LogP contribution in [0.4, 0.5) is 13.2 Å². The van der Waals surface area contributed by atoms with E-state index in [2.05, 4.69) is 4.98 Å². The van der Waals surface area contributed by atoms with Crippen molar-refractivity contribution < 1.29 is 21.6 Å². The Hall–Kier alpha value is -1.32. The van der Waals surface area contributed by atoms with Gasteiger partial charge in [-0.1, -0.05) is 17.7 Å². The molecule has 0 bridgehead atoms. The first-order valence-corrected chi connectivity index (χ1v) is 6.76. The van der Waals surface area contributed by atoms with Crippen molar-refractivity contribution in [1.82, 2.24) is 14.1 Å². The fourth-order valence-electron chi connectivity index (χ4n) is 1.43. The molecule has 2 heterocycles. The SMILES string of the molecule is O=S(=O)(NCC(F)(F)F)c1c(Cl)nc2ccccn12. The molecule has 19 heavy (non-hydrogen) atoms. The van der Waals surface area contributed by atoms with E-state index in [9.17, 15) is 21.6 Å². The second-order valence-corrected chi connectivity index (χ2v) is 5.62. The molecular formula is C9H7ClF3N3O2S. The smallest absolute Gasteiger partial charge is 0.288 e. The molecule has 0 unspecified atom stereocenters. The van der Waals surface area contributed by atoms with Gasteiger partial charge in [0.25, 0.3) is 10.0 Å². The number of rotatable bonds is 3. The van der Waals surface area contributed by atoms with Gasteiger partial charge in [-0.15, -0.1) is 0 Å². The average molecular weight is 314 g/mol. The van der Waals surface area contributed by atoms with Gasteiger partial charge in [0.05, 0.1) is 0 Å². The van der Waals surface area contributed by atoms with Crippen LogP contribution in [0, 0.1) is 0 Å². The standard InChI is InChI=1S/C9H7ClF3N3O2S/c10-7-8(16-4-2-1-3-6(16)15-7)19(17,18)14-5-9(11,12)13/h1-4,14H,5H2. The van der Waals surface area contributed by atoms with Crippen molar-refractivity contribution in [2.75, 3.05) is 6.54 Å². The van der Waals surface area contributed by atoms with Crippen LogP contribution in [0.2, 0.25) is 5.15 Å². The van der Waals surface area contributed by atoms with Crippen molar-refractivity contribution in [2.24, 2.45) is 0 Å². The van der Waals surface area contributed by atoms with Crippen LogP contribution in [-0.2, 0) is 10.0 Å². The summed E-state index contributed by atoms with van der Waals surface area (Å²) in [5, 5.41) is -0.908. The summed E-state index contributed by atoms with van der Waals surface area (Å²) in [7, 11) is -4.41. The fourth-order valence-corrected chi connectivity index (χ4v) is 3.08. The summed E-state index contributed by atoms with van der Waals surface area (Å²) >= 11 is 5.67. The molecule has 2 aromatic rings. The van der Waals surface area contributed by atoms with Crippen molar-refractivity contribution in [2.45, 2.75) is 11.2 Å². The Bertz CT molecular complexity index is 711. The lowest BCUT2D eigenvalue weighted by Crippen LogP contribution is -2.34. The van der Waals surface area contributed by atoms with Gasteiger partial charge in [-0.3, -0.25) is 4.40 Å². The maximum absolute atomic E-state index is 12.1. The van der Waals surface area contributed by atoms with Gasteiger partial charge in [-0.2, -0.15) is 13.2 Å². The van der Waals surface area contributed by atoms with Gasteiger partial charge < -0.3 is 0 Å². The third kappa shape index (κ3) is 2.99. The molecule has 0 saturated heterocycles. The van der Waals surface area contributed by atoms with Crippen LogP contribution in [0.5, 0.6) is 0 Å². The van der Waals surface area contributed by atoms with Crippen molar-refractivity contribution in [1.29, 1.82) is 0 Å². The molecule has 0 aliphatic heterocycles. The predicted molar refractivity (Wildman–Crippen MR) is 61.4 cm³/mol. The molecule has 0 aliphatic carbocycles. The number of nitrogens with one attached hydrogen (secondary N) is 1. The zero-order chi connectivity index (χ0) is 14.3. The van der Waals surface area contributed by atoms with Crippen molar-refractivity contribution in [3.8, 4) is 0 Å². The van der Waals surface area contributed by atoms with Crippen molar-refractivity contribution >= 4 is 27.3 Å². The monoisotopic (exact) mass is 313 g/mol. The Morgan fingerprint density at radius 2 is 2.05 bits per heavy atom. The van der Waals surface area contributed by atoms with Crippen LogP contribution in [0.1, 0.15) is 0 Å². The number of sulfonamides is 1. The van der Waals surface area contributed by atoms with Crippen LogP contribution in [0.3, 0.4) is 0 Å². The first kappa shape index (κ1) is 14.1. The van der Waals surface area contributed by atoms with E-state index >= 15 is 0 Å². The van der Waals surface area contributed by atoms with Gasteiger partial charge in [-0.25, -0.2) is 18.1 Å². The number of fused-ring (bicyclic) bond motifs is 1. The minimum absolute atomic E-state index is 0.222. The number of alkyl halides is 3. The molecule has 0 atom stereocenters. The molecule has 104 valence electrons. The maximum Gasteiger partial charge on any atom is 0.402 e. The van der Waals surface area contributed by atoms with E-state index in [1.807, 2.05) is 0 Å². The third-order valence-electron chi connectivity index (χ3n) is 2.16. The first-order chi connectivity index (χ1) is 8.71. The van der Waals surface area contributed by atoms with Gasteiger partial charge in [0, 0.05) is 6.20 Å². The number of imidazole rings is 1. The molecule has 2 aromatic heterocycles. The summed E-state index contributed by atoms with van der Waals surface area (Å²) in [6, 6.07) is 4.58. The number of pyridine rings is 1. The summed E-state index contributed by atoms with van der Waals surface area (Å²) in [5.74, 6) is 0. The highest BCUT2D eigenvalue weighted by Crippen LogP contribution is 2.23. The summed E-state index contributed by atoms with van der Waals surface area (Å²) in [6.45, 7) is -1.67. The van der Waals surface area contributed by atoms with Gasteiger partial charge in [0.2, 0.25) is 0 Å². The number of hydrogen-bond donors (Lipinski definition) is 1. The van der Waals surface area contributed by atoms with Gasteiger partial charge in [0.1, 0.15) is 12.2 Å². The summed E-state index contributed by atoms with van der Waals surface area (Å²) in [4.78, 5) is 3.75. The Labute approximate surface area is 111 Å². The normalized spacial score (nSPS) is 13.1. The molecular weight excluding hydrogens is 307 g/mol. The lowest BCUT2D eigenvalue weighted by Gasteiger charge is -2.09.